The number of rotatable bonds is 3. The highest BCUT2D eigenvalue weighted by atomic mass is 15.0. The number of benzene rings is 3. The maximum Gasteiger partial charge on any atom is 0.162 e. The molecule has 28 heavy (non-hydrogen) atoms. The van der Waals surface area contributed by atoms with Crippen molar-refractivity contribution in [3.05, 3.63) is 97.7 Å². The van der Waals surface area contributed by atoms with Gasteiger partial charge in [-0.15, -0.1) is 0 Å². The molecule has 0 saturated heterocycles. The fraction of sp³-hybridized carbons (Fsp3) is 0. The number of pyridine rings is 1. The molecule has 2 aromatic heterocycles. The minimum atomic E-state index is 0.675. The van der Waals surface area contributed by atoms with Crippen LogP contribution in [0.4, 0.5) is 0 Å². The first kappa shape index (κ1) is 16.3. The van der Waals surface area contributed by atoms with E-state index in [1.54, 1.807) is 0 Å². The molecule has 0 aliphatic rings. The highest BCUT2D eigenvalue weighted by Crippen LogP contribution is 2.27. The van der Waals surface area contributed by atoms with Crippen LogP contribution in [0.5, 0.6) is 0 Å². The van der Waals surface area contributed by atoms with Gasteiger partial charge < -0.3 is 0 Å². The van der Waals surface area contributed by atoms with Gasteiger partial charge in [-0.25, -0.2) is 15.0 Å². The number of nitrogens with zero attached hydrogens (tertiary/aromatic N) is 4. The summed E-state index contributed by atoms with van der Waals surface area (Å²) in [5.41, 5.74) is 5.31. The summed E-state index contributed by atoms with van der Waals surface area (Å²) in [6, 6.07) is 27.1. The first-order chi connectivity index (χ1) is 13.9. The summed E-state index contributed by atoms with van der Waals surface area (Å²) >= 11 is 0. The maximum atomic E-state index is 4.61. The fourth-order valence-electron chi connectivity index (χ4n) is 3.30. The van der Waals surface area contributed by atoms with E-state index >= 15 is 0 Å². The Bertz CT molecular complexity index is 1250. The van der Waals surface area contributed by atoms with Crippen molar-refractivity contribution in [2.24, 2.45) is 0 Å². The van der Waals surface area contributed by atoms with E-state index in [4.69, 9.17) is 0 Å². The standard InChI is InChI=1S/C24H16N4/c1-2-5-22-14-26-23(13-20(22)4-1)18-10-8-17(9-11-18)19-6-3-7-21(12-19)24-27-15-25-16-28-24/h1-16H. The van der Waals surface area contributed by atoms with Crippen molar-refractivity contribution in [3.8, 4) is 33.8 Å². The SMILES string of the molecule is c1cc(-c2ccc(-c3cc4ccccc4cn3)cc2)cc(-c2ncncn2)c1. The largest absolute Gasteiger partial charge is 0.256 e. The monoisotopic (exact) mass is 360 g/mol. The minimum absolute atomic E-state index is 0.675. The lowest BCUT2D eigenvalue weighted by Gasteiger charge is -2.07. The normalized spacial score (nSPS) is 10.9. The summed E-state index contributed by atoms with van der Waals surface area (Å²) in [6.45, 7) is 0. The summed E-state index contributed by atoms with van der Waals surface area (Å²) in [5.74, 6) is 0.675. The van der Waals surface area contributed by atoms with E-state index in [1.807, 2.05) is 24.4 Å². The Morgan fingerprint density at radius 1 is 0.500 bits per heavy atom. The van der Waals surface area contributed by atoms with Crippen LogP contribution < -0.4 is 0 Å². The minimum Gasteiger partial charge on any atom is -0.256 e. The first-order valence-corrected chi connectivity index (χ1v) is 9.05. The van der Waals surface area contributed by atoms with Gasteiger partial charge in [0, 0.05) is 22.7 Å². The second-order valence-corrected chi connectivity index (χ2v) is 6.54. The molecular weight excluding hydrogens is 344 g/mol. The van der Waals surface area contributed by atoms with E-state index in [2.05, 4.69) is 80.6 Å². The zero-order valence-electron chi connectivity index (χ0n) is 15.0. The van der Waals surface area contributed by atoms with Crippen molar-refractivity contribution >= 4 is 10.8 Å². The van der Waals surface area contributed by atoms with Crippen molar-refractivity contribution < 1.29 is 0 Å². The van der Waals surface area contributed by atoms with Gasteiger partial charge in [-0.05, 0) is 28.6 Å². The smallest absolute Gasteiger partial charge is 0.162 e. The quantitative estimate of drug-likeness (QED) is 0.431. The molecule has 3 aromatic carbocycles. The Balaban J connectivity index is 1.48. The summed E-state index contributed by atoms with van der Waals surface area (Å²) in [7, 11) is 0. The average molecular weight is 360 g/mol. The van der Waals surface area contributed by atoms with Crippen LogP contribution in [0.3, 0.4) is 0 Å². The number of aromatic nitrogens is 4. The van der Waals surface area contributed by atoms with Crippen LogP contribution >= 0.6 is 0 Å². The van der Waals surface area contributed by atoms with Gasteiger partial charge in [0.25, 0.3) is 0 Å². The Morgan fingerprint density at radius 2 is 1.21 bits per heavy atom. The Labute approximate surface area is 162 Å². The van der Waals surface area contributed by atoms with E-state index in [0.717, 1.165) is 33.3 Å². The van der Waals surface area contributed by atoms with Crippen molar-refractivity contribution in [2.75, 3.05) is 0 Å². The molecule has 0 spiro atoms. The zero-order valence-corrected chi connectivity index (χ0v) is 15.0. The van der Waals surface area contributed by atoms with Crippen LogP contribution in [0.2, 0.25) is 0 Å². The lowest BCUT2D eigenvalue weighted by atomic mass is 10.00. The Morgan fingerprint density at radius 3 is 2.04 bits per heavy atom. The second-order valence-electron chi connectivity index (χ2n) is 6.54. The zero-order chi connectivity index (χ0) is 18.8. The second kappa shape index (κ2) is 7.00. The van der Waals surface area contributed by atoms with Crippen molar-refractivity contribution in [2.45, 2.75) is 0 Å². The summed E-state index contributed by atoms with van der Waals surface area (Å²) in [4.78, 5) is 17.0. The third-order valence-electron chi connectivity index (χ3n) is 4.76. The molecule has 2 heterocycles. The predicted octanol–water partition coefficient (Wildman–Crippen LogP) is 5.42. The maximum absolute atomic E-state index is 4.61. The molecule has 0 fully saturated rings. The molecule has 0 aliphatic heterocycles. The van der Waals surface area contributed by atoms with Crippen LogP contribution in [0.1, 0.15) is 0 Å². The lowest BCUT2D eigenvalue weighted by Crippen LogP contribution is -1.89. The van der Waals surface area contributed by atoms with Crippen LogP contribution in [0, 0.1) is 0 Å². The van der Waals surface area contributed by atoms with Gasteiger partial charge in [0.1, 0.15) is 12.7 Å². The molecule has 4 nitrogen and oxygen atoms in total. The third kappa shape index (κ3) is 3.12. The molecule has 5 aromatic rings. The number of hydrogen-bond acceptors (Lipinski definition) is 4. The van der Waals surface area contributed by atoms with E-state index in [9.17, 15) is 0 Å². The molecule has 4 heteroatoms. The first-order valence-electron chi connectivity index (χ1n) is 9.05. The summed E-state index contributed by atoms with van der Waals surface area (Å²) in [5, 5.41) is 2.35. The molecule has 0 bridgehead atoms. The molecule has 132 valence electrons. The highest BCUT2D eigenvalue weighted by molar-refractivity contribution is 5.85. The molecule has 0 aliphatic carbocycles. The van der Waals surface area contributed by atoms with Crippen LogP contribution in [-0.4, -0.2) is 19.9 Å². The van der Waals surface area contributed by atoms with E-state index < -0.39 is 0 Å². The van der Waals surface area contributed by atoms with Gasteiger partial charge in [0.05, 0.1) is 5.69 Å². The Hall–Kier alpha value is -3.92. The van der Waals surface area contributed by atoms with Gasteiger partial charge in [-0.2, -0.15) is 0 Å². The van der Waals surface area contributed by atoms with Crippen LogP contribution in [0.15, 0.2) is 97.7 Å². The predicted molar refractivity (Wildman–Crippen MR) is 111 cm³/mol. The third-order valence-corrected chi connectivity index (χ3v) is 4.76. The van der Waals surface area contributed by atoms with E-state index in [0.29, 0.717) is 5.82 Å². The molecule has 5 rings (SSSR count). The van der Waals surface area contributed by atoms with Crippen LogP contribution in [-0.2, 0) is 0 Å². The average Bonchev–Trinajstić information content (AvgIpc) is 2.79. The molecule has 0 saturated carbocycles. The number of hydrogen-bond donors (Lipinski definition) is 0. The number of fused-ring (bicyclic) bond motifs is 1. The van der Waals surface area contributed by atoms with Crippen molar-refractivity contribution in [3.63, 3.8) is 0 Å². The topological polar surface area (TPSA) is 51.6 Å². The van der Waals surface area contributed by atoms with Crippen molar-refractivity contribution in [1.29, 1.82) is 0 Å². The highest BCUT2D eigenvalue weighted by Gasteiger charge is 2.05. The molecule has 0 N–H and O–H groups in total. The lowest BCUT2D eigenvalue weighted by molar-refractivity contribution is 1.06. The molecular formula is C24H16N4. The van der Waals surface area contributed by atoms with Crippen molar-refractivity contribution in [1.82, 2.24) is 19.9 Å². The van der Waals surface area contributed by atoms with Gasteiger partial charge >= 0.3 is 0 Å². The van der Waals surface area contributed by atoms with E-state index in [1.165, 1.54) is 18.0 Å². The van der Waals surface area contributed by atoms with E-state index in [-0.39, 0.29) is 0 Å². The molecule has 0 unspecified atom stereocenters. The van der Waals surface area contributed by atoms with Gasteiger partial charge in [0.2, 0.25) is 0 Å². The molecule has 0 atom stereocenters. The Kier molecular flexibility index (Phi) is 4.07. The molecule has 0 radical (unpaired) electrons. The fourth-order valence-corrected chi connectivity index (χ4v) is 3.30. The summed E-state index contributed by atoms with van der Waals surface area (Å²) in [6.07, 6.45) is 4.96. The molecule has 0 amide bonds. The summed E-state index contributed by atoms with van der Waals surface area (Å²) < 4.78 is 0. The van der Waals surface area contributed by atoms with Gasteiger partial charge in [-0.1, -0.05) is 66.7 Å². The van der Waals surface area contributed by atoms with Gasteiger partial charge in [-0.3, -0.25) is 4.98 Å². The van der Waals surface area contributed by atoms with Crippen LogP contribution in [0.25, 0.3) is 44.5 Å². The van der Waals surface area contributed by atoms with Gasteiger partial charge in [0.15, 0.2) is 5.82 Å².